The molecule has 2 aromatic rings. The minimum Gasteiger partial charge on any atom is -0.399 e. The lowest BCUT2D eigenvalue weighted by Gasteiger charge is -2.14. The molecule has 0 heterocycles. The van der Waals surface area contributed by atoms with E-state index >= 15 is 0 Å². The quantitative estimate of drug-likeness (QED) is 0.808. The molecule has 0 unspecified atom stereocenters. The van der Waals surface area contributed by atoms with Crippen LogP contribution in [0.15, 0.2) is 53.0 Å². The Labute approximate surface area is 133 Å². The fourth-order valence-electron chi connectivity index (χ4n) is 2.18. The van der Waals surface area contributed by atoms with Crippen LogP contribution in [-0.4, -0.2) is 5.91 Å². The van der Waals surface area contributed by atoms with Crippen LogP contribution in [0.5, 0.6) is 0 Å². The van der Waals surface area contributed by atoms with Crippen LogP contribution in [0.1, 0.15) is 30.5 Å². The second-order valence-corrected chi connectivity index (χ2v) is 6.00. The Kier molecular flexibility index (Phi) is 5.39. The molecule has 1 atom stereocenters. The van der Waals surface area contributed by atoms with E-state index in [2.05, 4.69) is 21.2 Å². The maximum Gasteiger partial charge on any atom is 0.220 e. The minimum atomic E-state index is -0.00385. The molecule has 110 valence electrons. The topological polar surface area (TPSA) is 55.1 Å². The van der Waals surface area contributed by atoms with Gasteiger partial charge in [-0.15, -0.1) is 0 Å². The molecule has 0 aliphatic rings. The Hall–Kier alpha value is -1.81. The predicted octanol–water partition coefficient (Wildman–Crippen LogP) is 3.84. The summed E-state index contributed by atoms with van der Waals surface area (Å²) in [5.41, 5.74) is 8.63. The van der Waals surface area contributed by atoms with E-state index in [9.17, 15) is 4.79 Å². The van der Waals surface area contributed by atoms with Gasteiger partial charge in [0.25, 0.3) is 0 Å². The molecule has 2 rings (SSSR count). The van der Waals surface area contributed by atoms with Crippen molar-refractivity contribution in [3.05, 3.63) is 64.1 Å². The number of carbonyl (C=O) groups excluding carboxylic acids is 1. The van der Waals surface area contributed by atoms with E-state index in [0.29, 0.717) is 12.8 Å². The van der Waals surface area contributed by atoms with E-state index in [1.165, 1.54) is 0 Å². The molecule has 3 N–H and O–H groups in total. The van der Waals surface area contributed by atoms with E-state index in [0.717, 1.165) is 21.3 Å². The predicted molar refractivity (Wildman–Crippen MR) is 89.9 cm³/mol. The summed E-state index contributed by atoms with van der Waals surface area (Å²) in [4.78, 5) is 12.0. The highest BCUT2D eigenvalue weighted by atomic mass is 79.9. The molecular weight excluding hydrogens is 328 g/mol. The summed E-state index contributed by atoms with van der Waals surface area (Å²) in [5, 5.41) is 3.02. The maximum atomic E-state index is 12.0. The molecule has 0 aromatic heterocycles. The van der Waals surface area contributed by atoms with E-state index in [-0.39, 0.29) is 11.9 Å². The molecule has 0 saturated heterocycles. The van der Waals surface area contributed by atoms with Gasteiger partial charge in [-0.1, -0.05) is 40.2 Å². The normalized spacial score (nSPS) is 11.9. The molecule has 0 spiro atoms. The summed E-state index contributed by atoms with van der Waals surface area (Å²) in [6.45, 7) is 1.99. The summed E-state index contributed by atoms with van der Waals surface area (Å²) in [7, 11) is 0. The van der Waals surface area contributed by atoms with Crippen molar-refractivity contribution in [3.63, 3.8) is 0 Å². The first-order chi connectivity index (χ1) is 10.0. The van der Waals surface area contributed by atoms with Gasteiger partial charge in [0.05, 0.1) is 6.04 Å². The number of nitrogens with one attached hydrogen (secondary N) is 1. The second kappa shape index (κ2) is 7.27. The number of benzene rings is 2. The van der Waals surface area contributed by atoms with Crippen LogP contribution in [0.2, 0.25) is 0 Å². The zero-order valence-corrected chi connectivity index (χ0v) is 13.6. The number of nitrogen functional groups attached to an aromatic ring is 1. The van der Waals surface area contributed by atoms with Gasteiger partial charge in [-0.3, -0.25) is 4.79 Å². The summed E-state index contributed by atoms with van der Waals surface area (Å²) in [5.74, 6) is 0.0462. The first-order valence-corrected chi connectivity index (χ1v) is 7.73. The van der Waals surface area contributed by atoms with Crippen molar-refractivity contribution in [1.82, 2.24) is 5.32 Å². The van der Waals surface area contributed by atoms with Crippen molar-refractivity contribution in [2.45, 2.75) is 25.8 Å². The van der Waals surface area contributed by atoms with Gasteiger partial charge in [0.2, 0.25) is 5.91 Å². The number of rotatable bonds is 5. The SMILES string of the molecule is C[C@H](NC(=O)CCc1cccc(N)c1)c1cccc(Br)c1. The fourth-order valence-corrected chi connectivity index (χ4v) is 2.60. The first-order valence-electron chi connectivity index (χ1n) is 6.94. The highest BCUT2D eigenvalue weighted by molar-refractivity contribution is 9.10. The molecule has 0 bridgehead atoms. The molecular formula is C17H19BrN2O. The number of carbonyl (C=O) groups is 1. The van der Waals surface area contributed by atoms with Crippen LogP contribution in [0, 0.1) is 0 Å². The second-order valence-electron chi connectivity index (χ2n) is 5.09. The van der Waals surface area contributed by atoms with Crippen molar-refractivity contribution in [2.24, 2.45) is 0 Å². The van der Waals surface area contributed by atoms with Crippen molar-refractivity contribution < 1.29 is 4.79 Å². The molecule has 0 radical (unpaired) electrons. The zero-order chi connectivity index (χ0) is 15.2. The summed E-state index contributed by atoms with van der Waals surface area (Å²) < 4.78 is 1.01. The van der Waals surface area contributed by atoms with Crippen molar-refractivity contribution in [2.75, 3.05) is 5.73 Å². The smallest absolute Gasteiger partial charge is 0.220 e. The van der Waals surface area contributed by atoms with E-state index in [1.54, 1.807) is 0 Å². The average molecular weight is 347 g/mol. The standard InChI is InChI=1S/C17H19BrN2O/c1-12(14-5-3-6-15(18)11-14)20-17(21)9-8-13-4-2-7-16(19)10-13/h2-7,10-12H,8-9,19H2,1H3,(H,20,21)/t12-/m0/s1. The molecule has 2 aromatic carbocycles. The van der Waals surface area contributed by atoms with Gasteiger partial charge in [0, 0.05) is 16.6 Å². The Morgan fingerprint density at radius 2 is 2.00 bits per heavy atom. The summed E-state index contributed by atoms with van der Waals surface area (Å²) in [6, 6.07) is 15.6. The molecule has 0 fully saturated rings. The first kappa shape index (κ1) is 15.6. The Bertz CT molecular complexity index is 628. The number of nitrogens with two attached hydrogens (primary N) is 1. The minimum absolute atomic E-state index is 0.00385. The van der Waals surface area contributed by atoms with Gasteiger partial charge in [-0.25, -0.2) is 0 Å². The highest BCUT2D eigenvalue weighted by Gasteiger charge is 2.09. The summed E-state index contributed by atoms with van der Waals surface area (Å²) >= 11 is 3.44. The lowest BCUT2D eigenvalue weighted by Crippen LogP contribution is -2.26. The number of aryl methyl sites for hydroxylation is 1. The van der Waals surface area contributed by atoms with Crippen LogP contribution < -0.4 is 11.1 Å². The maximum absolute atomic E-state index is 12.0. The van der Waals surface area contributed by atoms with E-state index in [4.69, 9.17) is 5.73 Å². The number of hydrogen-bond donors (Lipinski definition) is 2. The molecule has 0 saturated carbocycles. The monoisotopic (exact) mass is 346 g/mol. The third kappa shape index (κ3) is 4.90. The number of hydrogen-bond acceptors (Lipinski definition) is 2. The van der Waals surface area contributed by atoms with Crippen LogP contribution in [0.3, 0.4) is 0 Å². The number of amides is 1. The Morgan fingerprint density at radius 1 is 1.24 bits per heavy atom. The van der Waals surface area contributed by atoms with Gasteiger partial charge in [0.1, 0.15) is 0 Å². The molecule has 3 nitrogen and oxygen atoms in total. The largest absolute Gasteiger partial charge is 0.399 e. The fraction of sp³-hybridized carbons (Fsp3) is 0.235. The van der Waals surface area contributed by atoms with Gasteiger partial charge in [-0.05, 0) is 48.7 Å². The molecule has 21 heavy (non-hydrogen) atoms. The van der Waals surface area contributed by atoms with Gasteiger partial charge >= 0.3 is 0 Å². The molecule has 4 heteroatoms. The van der Waals surface area contributed by atoms with Crippen LogP contribution in [-0.2, 0) is 11.2 Å². The van der Waals surface area contributed by atoms with Crippen molar-refractivity contribution in [3.8, 4) is 0 Å². The zero-order valence-electron chi connectivity index (χ0n) is 12.0. The summed E-state index contributed by atoms with van der Waals surface area (Å²) in [6.07, 6.45) is 1.16. The number of halogens is 1. The molecule has 0 aliphatic heterocycles. The third-order valence-corrected chi connectivity index (χ3v) is 3.81. The Morgan fingerprint density at radius 3 is 2.71 bits per heavy atom. The third-order valence-electron chi connectivity index (χ3n) is 3.32. The lowest BCUT2D eigenvalue weighted by molar-refractivity contribution is -0.121. The average Bonchev–Trinajstić information content (AvgIpc) is 2.45. The van der Waals surface area contributed by atoms with Crippen LogP contribution in [0.4, 0.5) is 5.69 Å². The molecule has 1 amide bonds. The van der Waals surface area contributed by atoms with Crippen LogP contribution >= 0.6 is 15.9 Å². The molecule has 0 aliphatic carbocycles. The van der Waals surface area contributed by atoms with Gasteiger partial charge in [-0.2, -0.15) is 0 Å². The van der Waals surface area contributed by atoms with Gasteiger partial charge < -0.3 is 11.1 Å². The lowest BCUT2D eigenvalue weighted by atomic mass is 10.1. The highest BCUT2D eigenvalue weighted by Crippen LogP contribution is 2.18. The Balaban J connectivity index is 1.87. The van der Waals surface area contributed by atoms with Crippen molar-refractivity contribution in [1.29, 1.82) is 0 Å². The van der Waals surface area contributed by atoms with E-state index in [1.807, 2.05) is 55.5 Å². The van der Waals surface area contributed by atoms with Crippen LogP contribution in [0.25, 0.3) is 0 Å². The van der Waals surface area contributed by atoms with Gasteiger partial charge in [0.15, 0.2) is 0 Å². The van der Waals surface area contributed by atoms with Crippen molar-refractivity contribution >= 4 is 27.5 Å². The van der Waals surface area contributed by atoms with E-state index < -0.39 is 0 Å². The number of anilines is 1.